The number of hydrogen-bond acceptors (Lipinski definition) is 6. The van der Waals surface area contributed by atoms with E-state index in [9.17, 15) is 0 Å². The van der Waals surface area contributed by atoms with Gasteiger partial charge in [0.05, 0.1) is 18.4 Å². The van der Waals surface area contributed by atoms with Crippen LogP contribution in [0.5, 0.6) is 5.75 Å². The molecule has 0 radical (unpaired) electrons. The molecule has 49 heavy (non-hydrogen) atoms. The van der Waals surface area contributed by atoms with Crippen LogP contribution < -0.4 is 14.2 Å². The topological polar surface area (TPSA) is 45.2 Å². The summed E-state index contributed by atoms with van der Waals surface area (Å²) in [7, 11) is 0. The SMILES string of the molecule is C(/C=C/N1CCCC1)=C\c1oc2cc3ccccc3cc2[n+]1CCOCCN1c2cc3ccccc3cc2OC1/C=C/C=C/N1CCCC1. The van der Waals surface area contributed by atoms with E-state index in [1.807, 2.05) is 0 Å². The number of hydrogen-bond donors (Lipinski definition) is 0. The number of anilines is 1. The molecule has 3 aliphatic heterocycles. The fraction of sp³-hybridized carbons (Fsp3) is 0.310. The number of nitrogens with zero attached hydrogens (tertiary/aromatic N) is 4. The van der Waals surface area contributed by atoms with Gasteiger partial charge in [0, 0.05) is 38.8 Å². The second kappa shape index (κ2) is 14.6. The second-order valence-corrected chi connectivity index (χ2v) is 13.2. The van der Waals surface area contributed by atoms with Crippen molar-refractivity contribution in [3.05, 3.63) is 121 Å². The Labute approximate surface area is 288 Å². The van der Waals surface area contributed by atoms with Gasteiger partial charge in [0.15, 0.2) is 12.8 Å². The van der Waals surface area contributed by atoms with Crippen LogP contribution in [-0.4, -0.2) is 62.0 Å². The fourth-order valence-corrected chi connectivity index (χ4v) is 7.23. The summed E-state index contributed by atoms with van der Waals surface area (Å²) in [6.07, 6.45) is 21.9. The van der Waals surface area contributed by atoms with Crippen LogP contribution in [0, 0.1) is 0 Å². The van der Waals surface area contributed by atoms with Crippen molar-refractivity contribution in [1.82, 2.24) is 9.80 Å². The second-order valence-electron chi connectivity index (χ2n) is 13.2. The van der Waals surface area contributed by atoms with Crippen LogP contribution in [-0.2, 0) is 11.3 Å². The molecule has 0 spiro atoms. The molecule has 1 unspecified atom stereocenters. The van der Waals surface area contributed by atoms with E-state index >= 15 is 0 Å². The minimum atomic E-state index is -0.190. The third-order valence-corrected chi connectivity index (χ3v) is 9.84. The van der Waals surface area contributed by atoms with Crippen molar-refractivity contribution in [3.8, 4) is 5.75 Å². The van der Waals surface area contributed by atoms with Gasteiger partial charge in [-0.25, -0.2) is 0 Å². The van der Waals surface area contributed by atoms with Crippen molar-refractivity contribution in [3.63, 3.8) is 0 Å². The molecule has 7 heteroatoms. The van der Waals surface area contributed by atoms with E-state index in [-0.39, 0.29) is 6.23 Å². The summed E-state index contributed by atoms with van der Waals surface area (Å²) >= 11 is 0. The van der Waals surface area contributed by atoms with E-state index in [2.05, 4.69) is 141 Å². The zero-order chi connectivity index (χ0) is 32.8. The molecule has 2 fully saturated rings. The first-order valence-electron chi connectivity index (χ1n) is 17.9. The zero-order valence-electron chi connectivity index (χ0n) is 28.1. The first-order chi connectivity index (χ1) is 24.3. The minimum absolute atomic E-state index is 0.190. The van der Waals surface area contributed by atoms with Crippen molar-refractivity contribution in [2.45, 2.75) is 38.5 Å². The van der Waals surface area contributed by atoms with Gasteiger partial charge in [-0.15, -0.1) is 0 Å². The molecule has 7 nitrogen and oxygen atoms in total. The first kappa shape index (κ1) is 31.3. The molecule has 5 aromatic rings. The zero-order valence-corrected chi connectivity index (χ0v) is 28.1. The molecule has 1 atom stereocenters. The Bertz CT molecular complexity index is 2030. The predicted molar refractivity (Wildman–Crippen MR) is 199 cm³/mol. The molecule has 4 aromatic carbocycles. The molecule has 4 heterocycles. The van der Waals surface area contributed by atoms with Gasteiger partial charge >= 0.3 is 5.89 Å². The van der Waals surface area contributed by atoms with E-state index in [1.54, 1.807) is 0 Å². The quantitative estimate of drug-likeness (QED) is 0.0772. The van der Waals surface area contributed by atoms with Gasteiger partial charge in [0.1, 0.15) is 12.4 Å². The monoisotopic (exact) mass is 653 g/mol. The summed E-state index contributed by atoms with van der Waals surface area (Å²) in [4.78, 5) is 7.06. The highest BCUT2D eigenvalue weighted by Crippen LogP contribution is 2.40. The number of ether oxygens (including phenoxy) is 2. The average molecular weight is 654 g/mol. The molecule has 250 valence electrons. The highest BCUT2D eigenvalue weighted by Gasteiger charge is 2.29. The van der Waals surface area contributed by atoms with Gasteiger partial charge in [-0.3, -0.25) is 0 Å². The van der Waals surface area contributed by atoms with Gasteiger partial charge in [-0.2, -0.15) is 4.57 Å². The maximum atomic E-state index is 6.50. The van der Waals surface area contributed by atoms with Gasteiger partial charge < -0.3 is 28.6 Å². The Morgan fingerprint density at radius 1 is 0.714 bits per heavy atom. The van der Waals surface area contributed by atoms with Crippen LogP contribution in [0.4, 0.5) is 5.69 Å². The Kier molecular flexibility index (Phi) is 9.33. The van der Waals surface area contributed by atoms with Crippen molar-refractivity contribution in [1.29, 1.82) is 0 Å². The summed E-state index contributed by atoms with van der Waals surface area (Å²) in [5.74, 6) is 1.74. The normalized spacial score (nSPS) is 18.3. The summed E-state index contributed by atoms with van der Waals surface area (Å²) < 4.78 is 21.5. The van der Waals surface area contributed by atoms with Crippen LogP contribution in [0.1, 0.15) is 31.6 Å². The lowest BCUT2D eigenvalue weighted by atomic mass is 10.1. The molecular formula is C42H45N4O3+. The Morgan fingerprint density at radius 3 is 2.06 bits per heavy atom. The molecular weight excluding hydrogens is 608 g/mol. The minimum Gasteiger partial charge on any atom is -0.465 e. The maximum absolute atomic E-state index is 6.50. The van der Waals surface area contributed by atoms with Crippen LogP contribution in [0.15, 0.2) is 120 Å². The largest absolute Gasteiger partial charge is 0.465 e. The third kappa shape index (κ3) is 7.08. The Balaban J connectivity index is 0.967. The van der Waals surface area contributed by atoms with E-state index < -0.39 is 0 Å². The highest BCUT2D eigenvalue weighted by molar-refractivity contribution is 5.93. The Hall–Kier alpha value is -5.01. The molecule has 1 aromatic heterocycles. The Morgan fingerprint density at radius 2 is 1.35 bits per heavy atom. The number of likely N-dealkylation sites (tertiary alicyclic amines) is 2. The van der Waals surface area contributed by atoms with Crippen LogP contribution in [0.3, 0.4) is 0 Å². The number of fused-ring (bicyclic) bond motifs is 4. The lowest BCUT2D eigenvalue weighted by molar-refractivity contribution is -0.679. The number of allylic oxidation sites excluding steroid dienone is 4. The van der Waals surface area contributed by atoms with E-state index in [0.717, 1.165) is 54.6 Å². The van der Waals surface area contributed by atoms with E-state index in [1.165, 1.54) is 47.2 Å². The number of rotatable bonds is 12. The third-order valence-electron chi connectivity index (χ3n) is 9.84. The van der Waals surface area contributed by atoms with Gasteiger partial charge in [0.25, 0.3) is 5.52 Å². The van der Waals surface area contributed by atoms with Gasteiger partial charge in [-0.1, -0.05) is 60.7 Å². The molecule has 2 saturated heterocycles. The standard InChI is InChI=1S/C42H45N4O3/c1-3-15-35-31-39-37(29-33(35)13-1)45(41(48-39)17-5-7-19-43-21-9-10-22-43)25-27-47-28-26-46-38-30-34-14-2-4-16-36(34)32-40(38)49-42(46)18-6-8-20-44-23-11-12-24-44/h1-8,13-20,29-32,41H,9-12,21-28H2/q+1/b17-5+,19-7+. The summed E-state index contributed by atoms with van der Waals surface area (Å²) in [6.45, 7) is 7.09. The molecule has 0 bridgehead atoms. The molecule has 0 amide bonds. The maximum Gasteiger partial charge on any atom is 0.374 e. The van der Waals surface area contributed by atoms with Crippen LogP contribution >= 0.6 is 0 Å². The van der Waals surface area contributed by atoms with Crippen LogP contribution in [0.25, 0.3) is 38.7 Å². The summed E-state index contributed by atoms with van der Waals surface area (Å²) in [5, 5.41) is 4.77. The summed E-state index contributed by atoms with van der Waals surface area (Å²) in [5.41, 5.74) is 3.07. The smallest absolute Gasteiger partial charge is 0.374 e. The van der Waals surface area contributed by atoms with Gasteiger partial charge in [0.2, 0.25) is 5.58 Å². The fourth-order valence-electron chi connectivity index (χ4n) is 7.23. The summed E-state index contributed by atoms with van der Waals surface area (Å²) in [6, 6.07) is 25.7. The lowest BCUT2D eigenvalue weighted by Gasteiger charge is -2.23. The molecule has 0 N–H and O–H groups in total. The van der Waals surface area contributed by atoms with Crippen molar-refractivity contribution in [2.75, 3.05) is 50.8 Å². The van der Waals surface area contributed by atoms with Gasteiger partial charge in [-0.05, 0) is 96.1 Å². The molecule has 8 rings (SSSR count). The number of oxazole rings is 1. The molecule has 0 aliphatic carbocycles. The lowest BCUT2D eigenvalue weighted by Crippen LogP contribution is -2.39. The number of benzene rings is 4. The highest BCUT2D eigenvalue weighted by atomic mass is 16.5. The van der Waals surface area contributed by atoms with Crippen molar-refractivity contribution < 1.29 is 18.5 Å². The molecule has 3 aliphatic rings. The van der Waals surface area contributed by atoms with E-state index in [4.69, 9.17) is 13.9 Å². The van der Waals surface area contributed by atoms with Crippen LogP contribution in [0.2, 0.25) is 0 Å². The first-order valence-corrected chi connectivity index (χ1v) is 17.9. The van der Waals surface area contributed by atoms with Crippen molar-refractivity contribution >= 4 is 44.4 Å². The predicted octanol–water partition coefficient (Wildman–Crippen LogP) is 8.06. The average Bonchev–Trinajstić information content (AvgIpc) is 3.95. The number of aromatic nitrogens is 1. The van der Waals surface area contributed by atoms with E-state index in [0.29, 0.717) is 26.3 Å². The molecule has 0 saturated carbocycles. The van der Waals surface area contributed by atoms with Crippen molar-refractivity contribution in [2.24, 2.45) is 0 Å².